The molecule has 4 rings (SSSR count). The Labute approximate surface area is 212 Å². The fourth-order valence-corrected chi connectivity index (χ4v) is 4.75. The smallest absolute Gasteiger partial charge is 0.295 e. The number of aliphatic hydroxyl groups is 1. The van der Waals surface area contributed by atoms with Gasteiger partial charge in [-0.05, 0) is 68.9 Å². The number of amides is 1. The van der Waals surface area contributed by atoms with Crippen LogP contribution < -0.4 is 14.2 Å². The van der Waals surface area contributed by atoms with Gasteiger partial charge in [-0.25, -0.2) is 0 Å². The van der Waals surface area contributed by atoms with Crippen molar-refractivity contribution in [1.29, 1.82) is 0 Å². The maximum absolute atomic E-state index is 13.3. The van der Waals surface area contributed by atoms with Crippen molar-refractivity contribution in [2.24, 2.45) is 0 Å². The van der Waals surface area contributed by atoms with Gasteiger partial charge in [-0.3, -0.25) is 9.59 Å². The first-order valence-electron chi connectivity index (χ1n) is 12.6. The Morgan fingerprint density at radius 1 is 1.06 bits per heavy atom. The molecule has 2 aromatic rings. The third-order valence-electron chi connectivity index (χ3n) is 6.61. The van der Waals surface area contributed by atoms with E-state index in [9.17, 15) is 14.7 Å². The van der Waals surface area contributed by atoms with Gasteiger partial charge in [0.05, 0.1) is 18.2 Å². The molecule has 1 N–H and O–H groups in total. The van der Waals surface area contributed by atoms with Gasteiger partial charge in [0.25, 0.3) is 11.7 Å². The first-order valence-corrected chi connectivity index (χ1v) is 12.6. The highest BCUT2D eigenvalue weighted by Crippen LogP contribution is 2.41. The molecule has 0 saturated carbocycles. The molecule has 0 bridgehead atoms. The first kappa shape index (κ1) is 25.6. The molecule has 0 aliphatic carbocycles. The lowest BCUT2D eigenvalue weighted by Crippen LogP contribution is -2.33. The zero-order valence-corrected chi connectivity index (χ0v) is 21.2. The summed E-state index contributed by atoms with van der Waals surface area (Å²) in [5, 5.41) is 11.4. The second-order valence-corrected chi connectivity index (χ2v) is 8.74. The van der Waals surface area contributed by atoms with Crippen molar-refractivity contribution in [3.8, 4) is 17.2 Å². The van der Waals surface area contributed by atoms with Crippen LogP contribution in [-0.2, 0) is 9.59 Å². The molecule has 2 aromatic carbocycles. The number of likely N-dealkylation sites (tertiary alicyclic amines) is 1. The van der Waals surface area contributed by atoms with E-state index in [1.807, 2.05) is 31.2 Å². The van der Waals surface area contributed by atoms with Gasteiger partial charge in [-0.15, -0.1) is 0 Å². The van der Waals surface area contributed by atoms with Crippen molar-refractivity contribution in [1.82, 2.24) is 9.80 Å². The summed E-state index contributed by atoms with van der Waals surface area (Å²) in [6.45, 7) is 10.5. The molecule has 0 spiro atoms. The third kappa shape index (κ3) is 5.18. The van der Waals surface area contributed by atoms with Gasteiger partial charge >= 0.3 is 0 Å². The van der Waals surface area contributed by atoms with E-state index in [2.05, 4.69) is 18.7 Å². The lowest BCUT2D eigenvalue weighted by molar-refractivity contribution is -0.140. The van der Waals surface area contributed by atoms with Crippen LogP contribution in [-0.4, -0.2) is 72.6 Å². The second-order valence-electron chi connectivity index (χ2n) is 8.74. The van der Waals surface area contributed by atoms with Crippen LogP contribution in [0.4, 0.5) is 0 Å². The molecule has 0 aromatic heterocycles. The van der Waals surface area contributed by atoms with Gasteiger partial charge in [0, 0.05) is 12.1 Å². The number of ketones is 1. The number of benzene rings is 2. The summed E-state index contributed by atoms with van der Waals surface area (Å²) < 4.78 is 16.9. The number of fused-ring (bicyclic) bond motifs is 1. The van der Waals surface area contributed by atoms with Gasteiger partial charge in [0.2, 0.25) is 0 Å². The molecule has 8 nitrogen and oxygen atoms in total. The van der Waals surface area contributed by atoms with Crippen molar-refractivity contribution in [2.45, 2.75) is 33.2 Å². The van der Waals surface area contributed by atoms with Crippen LogP contribution >= 0.6 is 0 Å². The summed E-state index contributed by atoms with van der Waals surface area (Å²) in [5.41, 5.74) is 1.17. The summed E-state index contributed by atoms with van der Waals surface area (Å²) in [7, 11) is 0. The zero-order chi connectivity index (χ0) is 25.7. The van der Waals surface area contributed by atoms with Crippen LogP contribution in [0.25, 0.3) is 5.76 Å². The van der Waals surface area contributed by atoms with Gasteiger partial charge < -0.3 is 29.1 Å². The highest BCUT2D eigenvalue weighted by atomic mass is 16.6. The Balaban J connectivity index is 1.75. The van der Waals surface area contributed by atoms with E-state index in [0.29, 0.717) is 61.2 Å². The van der Waals surface area contributed by atoms with E-state index >= 15 is 0 Å². The maximum Gasteiger partial charge on any atom is 0.295 e. The molecule has 1 unspecified atom stereocenters. The summed E-state index contributed by atoms with van der Waals surface area (Å²) in [5.74, 6) is 0.174. The molecule has 1 fully saturated rings. The monoisotopic (exact) mass is 494 g/mol. The molecular formula is C28H34N2O6. The fourth-order valence-electron chi connectivity index (χ4n) is 4.75. The SMILES string of the molecule is CCOc1cccc(C2C(=C(O)c3ccc4c(c3)OCCO4)C(=O)C(=O)N2CCCN(CC)CC)c1. The van der Waals surface area contributed by atoms with E-state index in [-0.39, 0.29) is 11.3 Å². The standard InChI is InChI=1S/C28H34N2O6/c1-4-29(5-2)13-8-14-30-25(19-9-7-10-21(17-19)34-6-3)24(27(32)28(30)33)26(31)20-11-12-22-23(18-20)36-16-15-35-22/h7,9-12,17-18,25,31H,4-6,8,13-16H2,1-3H3. The summed E-state index contributed by atoms with van der Waals surface area (Å²) in [6, 6.07) is 11.6. The minimum Gasteiger partial charge on any atom is -0.507 e. The average molecular weight is 495 g/mol. The highest BCUT2D eigenvalue weighted by molar-refractivity contribution is 6.46. The summed E-state index contributed by atoms with van der Waals surface area (Å²) in [4.78, 5) is 30.4. The van der Waals surface area contributed by atoms with Crippen LogP contribution in [0.5, 0.6) is 17.2 Å². The predicted molar refractivity (Wildman–Crippen MR) is 136 cm³/mol. The van der Waals surface area contributed by atoms with Gasteiger partial charge in [-0.2, -0.15) is 0 Å². The van der Waals surface area contributed by atoms with Crippen molar-refractivity contribution < 1.29 is 28.9 Å². The number of carbonyl (C=O) groups excluding carboxylic acids is 2. The zero-order valence-electron chi connectivity index (χ0n) is 21.2. The molecular weight excluding hydrogens is 460 g/mol. The number of hydrogen-bond acceptors (Lipinski definition) is 7. The molecule has 2 aliphatic rings. The van der Waals surface area contributed by atoms with Crippen molar-refractivity contribution in [2.75, 3.05) is 46.0 Å². The van der Waals surface area contributed by atoms with Gasteiger partial charge in [-0.1, -0.05) is 26.0 Å². The third-order valence-corrected chi connectivity index (χ3v) is 6.61. The van der Waals surface area contributed by atoms with Crippen LogP contribution in [0.15, 0.2) is 48.0 Å². The molecule has 8 heteroatoms. The van der Waals surface area contributed by atoms with Gasteiger partial charge in [0.1, 0.15) is 24.7 Å². The summed E-state index contributed by atoms with van der Waals surface area (Å²) in [6.07, 6.45) is 0.709. The molecule has 1 atom stereocenters. The minimum absolute atomic E-state index is 0.0631. The van der Waals surface area contributed by atoms with Crippen molar-refractivity contribution >= 4 is 17.4 Å². The highest BCUT2D eigenvalue weighted by Gasteiger charge is 2.46. The molecule has 192 valence electrons. The van der Waals surface area contributed by atoms with E-state index in [4.69, 9.17) is 14.2 Å². The Bertz CT molecular complexity index is 1140. The van der Waals surface area contributed by atoms with Crippen LogP contribution in [0.2, 0.25) is 0 Å². The predicted octanol–water partition coefficient (Wildman–Crippen LogP) is 4.01. The van der Waals surface area contributed by atoms with Crippen LogP contribution in [0.3, 0.4) is 0 Å². The molecule has 36 heavy (non-hydrogen) atoms. The number of nitrogens with zero attached hydrogens (tertiary/aromatic N) is 2. The normalized spacial score (nSPS) is 18.7. The quantitative estimate of drug-likeness (QED) is 0.303. The lowest BCUT2D eigenvalue weighted by atomic mass is 9.95. The number of hydrogen-bond donors (Lipinski definition) is 1. The molecule has 2 heterocycles. The largest absolute Gasteiger partial charge is 0.507 e. The van der Waals surface area contributed by atoms with Crippen molar-refractivity contribution in [3.63, 3.8) is 0 Å². The first-order chi connectivity index (χ1) is 17.5. The maximum atomic E-state index is 13.3. The van der Waals surface area contributed by atoms with Crippen molar-refractivity contribution in [3.05, 3.63) is 59.2 Å². The Hall–Kier alpha value is -3.52. The number of ether oxygens (including phenoxy) is 3. The second kappa shape index (κ2) is 11.5. The van der Waals surface area contributed by atoms with Crippen LogP contribution in [0, 0.1) is 0 Å². The minimum atomic E-state index is -0.727. The number of carbonyl (C=O) groups is 2. The topological polar surface area (TPSA) is 88.5 Å². The lowest BCUT2D eigenvalue weighted by Gasteiger charge is -2.27. The molecule has 1 saturated heterocycles. The number of Topliss-reactive ketones (excluding diaryl/α,β-unsaturated/α-hetero) is 1. The van der Waals surface area contributed by atoms with Gasteiger partial charge in [0.15, 0.2) is 11.5 Å². The fraction of sp³-hybridized carbons (Fsp3) is 0.429. The van der Waals surface area contributed by atoms with E-state index in [1.54, 1.807) is 23.1 Å². The summed E-state index contributed by atoms with van der Waals surface area (Å²) >= 11 is 0. The Morgan fingerprint density at radius 2 is 1.81 bits per heavy atom. The van der Waals surface area contributed by atoms with E-state index in [1.165, 1.54) is 0 Å². The van der Waals surface area contributed by atoms with E-state index < -0.39 is 17.7 Å². The Morgan fingerprint density at radius 3 is 2.53 bits per heavy atom. The molecule has 2 aliphatic heterocycles. The molecule has 1 amide bonds. The molecule has 0 radical (unpaired) electrons. The number of aliphatic hydroxyl groups excluding tert-OH is 1. The van der Waals surface area contributed by atoms with Crippen LogP contribution in [0.1, 0.15) is 44.4 Å². The number of rotatable bonds is 10. The van der Waals surface area contributed by atoms with E-state index in [0.717, 1.165) is 19.6 Å². The Kier molecular flexibility index (Phi) is 8.15. The average Bonchev–Trinajstić information content (AvgIpc) is 3.16.